The number of ether oxygens (including phenoxy) is 1. The van der Waals surface area contributed by atoms with Crippen molar-refractivity contribution in [3.8, 4) is 12.1 Å². The lowest BCUT2D eigenvalue weighted by Gasteiger charge is -2.14. The summed E-state index contributed by atoms with van der Waals surface area (Å²) in [5.41, 5.74) is 0.648. The molecule has 0 amide bonds. The second kappa shape index (κ2) is 6.30. The fourth-order valence-electron chi connectivity index (χ4n) is 1.50. The molecule has 1 rings (SSSR count). The summed E-state index contributed by atoms with van der Waals surface area (Å²) in [4.78, 5) is 11.6. The molecule has 0 N–H and O–H groups in total. The Kier molecular flexibility index (Phi) is 4.72. The minimum absolute atomic E-state index is 0.198. The third-order valence-electron chi connectivity index (χ3n) is 2.31. The van der Waals surface area contributed by atoms with Crippen molar-refractivity contribution >= 4 is 5.97 Å². The van der Waals surface area contributed by atoms with Crippen molar-refractivity contribution in [2.24, 2.45) is 5.92 Å². The highest BCUT2D eigenvalue weighted by atomic mass is 16.5. The molecule has 1 aromatic rings. The number of rotatable bonds is 4. The van der Waals surface area contributed by atoms with Crippen LogP contribution in [0.2, 0.25) is 0 Å². The lowest BCUT2D eigenvalue weighted by molar-refractivity contribution is -0.146. The van der Waals surface area contributed by atoms with Gasteiger partial charge in [-0.05, 0) is 12.5 Å². The Morgan fingerprint density at radius 1 is 1.29 bits per heavy atom. The molecule has 2 atom stereocenters. The van der Waals surface area contributed by atoms with Crippen LogP contribution in [-0.4, -0.2) is 12.6 Å². The van der Waals surface area contributed by atoms with Gasteiger partial charge in [0, 0.05) is 0 Å². The first kappa shape index (κ1) is 12.7. The maximum atomic E-state index is 11.6. The van der Waals surface area contributed by atoms with Crippen molar-refractivity contribution in [1.82, 2.24) is 0 Å². The lowest BCUT2D eigenvalue weighted by atomic mass is 9.88. The highest BCUT2D eigenvalue weighted by molar-refractivity contribution is 5.77. The monoisotopic (exact) mass is 228 g/mol. The molecule has 0 aliphatic heterocycles. The van der Waals surface area contributed by atoms with Gasteiger partial charge in [0.2, 0.25) is 0 Å². The van der Waals surface area contributed by atoms with E-state index in [-0.39, 0.29) is 6.61 Å². The van der Waals surface area contributed by atoms with Gasteiger partial charge in [0.25, 0.3) is 0 Å². The van der Waals surface area contributed by atoms with Gasteiger partial charge >= 0.3 is 5.97 Å². The molecule has 4 nitrogen and oxygen atoms in total. The van der Waals surface area contributed by atoms with E-state index < -0.39 is 17.8 Å². The van der Waals surface area contributed by atoms with Crippen LogP contribution in [0.5, 0.6) is 0 Å². The molecule has 0 unspecified atom stereocenters. The Labute approximate surface area is 100 Å². The molecule has 0 heterocycles. The third kappa shape index (κ3) is 3.06. The van der Waals surface area contributed by atoms with E-state index in [1.807, 2.05) is 18.2 Å². The van der Waals surface area contributed by atoms with Gasteiger partial charge in [-0.1, -0.05) is 30.3 Å². The van der Waals surface area contributed by atoms with Gasteiger partial charge in [0.05, 0.1) is 24.7 Å². The summed E-state index contributed by atoms with van der Waals surface area (Å²) in [6.07, 6.45) is 0. The molecular weight excluding hydrogens is 216 g/mol. The second-order valence-electron chi connectivity index (χ2n) is 3.38. The van der Waals surface area contributed by atoms with Crippen molar-refractivity contribution in [2.75, 3.05) is 6.61 Å². The number of carbonyl (C=O) groups is 1. The molecule has 0 aromatic heterocycles. The minimum atomic E-state index is -1.08. The van der Waals surface area contributed by atoms with Gasteiger partial charge in [-0.25, -0.2) is 0 Å². The van der Waals surface area contributed by atoms with E-state index in [1.54, 1.807) is 31.2 Å². The van der Waals surface area contributed by atoms with E-state index in [2.05, 4.69) is 0 Å². The number of esters is 1. The van der Waals surface area contributed by atoms with Gasteiger partial charge in [0.1, 0.15) is 0 Å². The predicted molar refractivity (Wildman–Crippen MR) is 60.5 cm³/mol. The smallest absolute Gasteiger partial charge is 0.325 e. The second-order valence-corrected chi connectivity index (χ2v) is 3.38. The Hall–Kier alpha value is -2.33. The number of hydrogen-bond acceptors (Lipinski definition) is 4. The molecule has 0 saturated heterocycles. The third-order valence-corrected chi connectivity index (χ3v) is 2.31. The maximum absolute atomic E-state index is 11.6. The molecule has 4 heteroatoms. The first-order valence-corrected chi connectivity index (χ1v) is 5.25. The molecule has 0 radical (unpaired) electrons. The largest absolute Gasteiger partial charge is 0.465 e. The van der Waals surface area contributed by atoms with Gasteiger partial charge < -0.3 is 4.74 Å². The van der Waals surface area contributed by atoms with Crippen molar-refractivity contribution in [3.05, 3.63) is 35.9 Å². The van der Waals surface area contributed by atoms with Crippen LogP contribution in [0.4, 0.5) is 0 Å². The predicted octanol–water partition coefficient (Wildman–Crippen LogP) is 2.00. The Bertz CT molecular complexity index is 457. The van der Waals surface area contributed by atoms with Crippen LogP contribution in [0.3, 0.4) is 0 Å². The van der Waals surface area contributed by atoms with E-state index in [9.17, 15) is 4.79 Å². The van der Waals surface area contributed by atoms with Crippen LogP contribution in [0.25, 0.3) is 0 Å². The quantitative estimate of drug-likeness (QED) is 0.738. The molecule has 1 aromatic carbocycles. The van der Waals surface area contributed by atoms with Crippen LogP contribution >= 0.6 is 0 Å². The molecular formula is C13H12N2O2. The maximum Gasteiger partial charge on any atom is 0.325 e. The van der Waals surface area contributed by atoms with Crippen molar-refractivity contribution in [3.63, 3.8) is 0 Å². The summed E-state index contributed by atoms with van der Waals surface area (Å²) in [7, 11) is 0. The summed E-state index contributed by atoms with van der Waals surface area (Å²) >= 11 is 0. The van der Waals surface area contributed by atoms with E-state index in [4.69, 9.17) is 15.3 Å². The average Bonchev–Trinajstić information content (AvgIpc) is 2.37. The SMILES string of the molecule is CCOC(=O)[C@@H](C#N)[C@@H](C#N)c1ccccc1. The van der Waals surface area contributed by atoms with Crippen LogP contribution in [0.15, 0.2) is 30.3 Å². The zero-order valence-corrected chi connectivity index (χ0v) is 9.46. The number of nitrogens with zero attached hydrogens (tertiary/aromatic N) is 2. The summed E-state index contributed by atoms with van der Waals surface area (Å²) in [5.74, 6) is -2.52. The first-order valence-electron chi connectivity index (χ1n) is 5.25. The van der Waals surface area contributed by atoms with Crippen LogP contribution in [0.1, 0.15) is 18.4 Å². The molecule has 17 heavy (non-hydrogen) atoms. The highest BCUT2D eigenvalue weighted by Crippen LogP contribution is 2.24. The van der Waals surface area contributed by atoms with E-state index in [0.29, 0.717) is 5.56 Å². The zero-order valence-electron chi connectivity index (χ0n) is 9.46. The van der Waals surface area contributed by atoms with Gasteiger partial charge in [-0.3, -0.25) is 4.79 Å². The van der Waals surface area contributed by atoms with Crippen LogP contribution < -0.4 is 0 Å². The standard InChI is InChI=1S/C13H12N2O2/c1-2-17-13(16)12(9-15)11(8-14)10-6-4-3-5-7-10/h3-7,11-12H,2H2,1H3/t11-,12-/m0/s1. The normalized spacial score (nSPS) is 12.9. The Morgan fingerprint density at radius 3 is 2.41 bits per heavy atom. The van der Waals surface area contributed by atoms with Crippen LogP contribution in [0, 0.1) is 28.6 Å². The lowest BCUT2D eigenvalue weighted by Crippen LogP contribution is -2.22. The zero-order chi connectivity index (χ0) is 12.7. The van der Waals surface area contributed by atoms with Gasteiger partial charge in [-0.15, -0.1) is 0 Å². The van der Waals surface area contributed by atoms with E-state index >= 15 is 0 Å². The van der Waals surface area contributed by atoms with Crippen molar-refractivity contribution in [2.45, 2.75) is 12.8 Å². The fourth-order valence-corrected chi connectivity index (χ4v) is 1.50. The topological polar surface area (TPSA) is 73.9 Å². The first-order chi connectivity index (χ1) is 8.24. The van der Waals surface area contributed by atoms with Crippen molar-refractivity contribution < 1.29 is 9.53 Å². The molecule has 0 spiro atoms. The highest BCUT2D eigenvalue weighted by Gasteiger charge is 2.30. The van der Waals surface area contributed by atoms with E-state index in [1.165, 1.54) is 0 Å². The van der Waals surface area contributed by atoms with Crippen LogP contribution in [-0.2, 0) is 9.53 Å². The number of nitriles is 2. The van der Waals surface area contributed by atoms with E-state index in [0.717, 1.165) is 0 Å². The number of hydrogen-bond donors (Lipinski definition) is 0. The summed E-state index contributed by atoms with van der Waals surface area (Å²) in [6.45, 7) is 1.86. The molecule has 86 valence electrons. The van der Waals surface area contributed by atoms with Gasteiger partial charge in [-0.2, -0.15) is 10.5 Å². The summed E-state index contributed by atoms with van der Waals surface area (Å²) in [5, 5.41) is 18.1. The molecule has 0 aliphatic carbocycles. The average molecular weight is 228 g/mol. The Balaban J connectivity index is 2.98. The number of benzene rings is 1. The molecule has 0 fully saturated rings. The summed E-state index contributed by atoms with van der Waals surface area (Å²) in [6, 6.07) is 12.6. The minimum Gasteiger partial charge on any atom is -0.465 e. The Morgan fingerprint density at radius 2 is 1.94 bits per heavy atom. The fraction of sp³-hybridized carbons (Fsp3) is 0.308. The molecule has 0 saturated carbocycles. The summed E-state index contributed by atoms with van der Waals surface area (Å²) < 4.78 is 4.79. The van der Waals surface area contributed by atoms with Gasteiger partial charge in [0.15, 0.2) is 5.92 Å². The number of carbonyl (C=O) groups excluding carboxylic acids is 1. The van der Waals surface area contributed by atoms with Crippen molar-refractivity contribution in [1.29, 1.82) is 10.5 Å². The molecule has 0 bridgehead atoms. The molecule has 0 aliphatic rings.